The van der Waals surface area contributed by atoms with E-state index in [1.54, 1.807) is 12.4 Å². The number of aryl methyl sites for hydroxylation is 4. The smallest absolute Gasteiger partial charge is 0.550 e. The molecular formula is C29H40CoN2O6. The van der Waals surface area contributed by atoms with E-state index in [0.29, 0.717) is 24.6 Å². The minimum absolute atomic E-state index is 0. The Labute approximate surface area is 236 Å². The maximum Gasteiger partial charge on any atom is 2.00 e. The minimum atomic E-state index is -1.08. The first kappa shape index (κ1) is 37.0. The second-order valence-electron chi connectivity index (χ2n) is 8.21. The molecule has 0 heterocycles. The maximum atomic E-state index is 10.3. The van der Waals surface area contributed by atoms with Crippen molar-refractivity contribution in [2.75, 3.05) is 13.1 Å². The molecule has 38 heavy (non-hydrogen) atoms. The van der Waals surface area contributed by atoms with Crippen LogP contribution < -0.4 is 10.2 Å². The van der Waals surface area contributed by atoms with E-state index in [2.05, 4.69) is 36.0 Å². The first-order valence-corrected chi connectivity index (χ1v) is 12.5. The number of phenolic OH excluding ortho intramolecular Hbond substituents is 2. The maximum absolute atomic E-state index is 10.3. The van der Waals surface area contributed by atoms with Gasteiger partial charge in [0.15, 0.2) is 0 Å². The first-order chi connectivity index (χ1) is 17.5. The fourth-order valence-corrected chi connectivity index (χ4v) is 3.30. The Kier molecular flexibility index (Phi) is 20.3. The average Bonchev–Trinajstić information content (AvgIpc) is 2.84. The molecule has 0 amide bonds. The molecule has 211 valence electrons. The van der Waals surface area contributed by atoms with Crippen LogP contribution in [0.25, 0.3) is 0 Å². The molecule has 0 aliphatic carbocycles. The van der Waals surface area contributed by atoms with Gasteiger partial charge in [0.1, 0.15) is 11.5 Å². The Balaban J connectivity index is 0. The van der Waals surface area contributed by atoms with Crippen LogP contribution in [-0.4, -0.2) is 47.7 Å². The zero-order chi connectivity index (χ0) is 28.4. The van der Waals surface area contributed by atoms with Crippen LogP contribution in [0.15, 0.2) is 34.3 Å². The summed E-state index contributed by atoms with van der Waals surface area (Å²) in [6.07, 6.45) is 7.84. The monoisotopic (exact) mass is 571 g/mol. The third kappa shape index (κ3) is 15.2. The van der Waals surface area contributed by atoms with E-state index in [9.17, 15) is 10.2 Å². The van der Waals surface area contributed by atoms with Gasteiger partial charge in [-0.3, -0.25) is 9.98 Å². The number of carboxylic acid groups (broad SMARTS) is 2. The third-order valence-corrected chi connectivity index (χ3v) is 5.17. The van der Waals surface area contributed by atoms with Crippen molar-refractivity contribution in [2.24, 2.45) is 9.98 Å². The number of benzene rings is 2. The summed E-state index contributed by atoms with van der Waals surface area (Å²) < 4.78 is 0. The number of nitrogens with zero attached hydrogens (tertiary/aromatic N) is 2. The van der Waals surface area contributed by atoms with E-state index < -0.39 is 11.9 Å². The fraction of sp³-hybridized carbons (Fsp3) is 0.448. The van der Waals surface area contributed by atoms with E-state index in [0.717, 1.165) is 68.2 Å². The van der Waals surface area contributed by atoms with Crippen LogP contribution >= 0.6 is 0 Å². The van der Waals surface area contributed by atoms with Crippen LogP contribution in [0.2, 0.25) is 0 Å². The van der Waals surface area contributed by atoms with Crippen molar-refractivity contribution in [2.45, 2.75) is 73.6 Å². The zero-order valence-corrected chi connectivity index (χ0v) is 24.2. The molecule has 0 aliphatic rings. The number of carbonyl (C=O) groups excluding carboxylic acids is 2. The SMILES string of the molecule is CC(=O)[O-].CC(=O)[O-].CCc1cc(C=NCCCN=Cc2cc(CC)cc(CC)c2O)c(O)c(CC)c1.[Co+2]. The molecule has 0 aliphatic heterocycles. The molecule has 0 fully saturated rings. The molecule has 0 aromatic heterocycles. The van der Waals surface area contributed by atoms with Crippen molar-refractivity contribution in [1.82, 2.24) is 0 Å². The molecule has 2 aromatic carbocycles. The Morgan fingerprint density at radius 1 is 0.711 bits per heavy atom. The summed E-state index contributed by atoms with van der Waals surface area (Å²) in [7, 11) is 0. The van der Waals surface area contributed by atoms with E-state index in [1.165, 1.54) is 11.1 Å². The average molecular weight is 572 g/mol. The van der Waals surface area contributed by atoms with E-state index in [4.69, 9.17) is 19.8 Å². The van der Waals surface area contributed by atoms with Gasteiger partial charge in [-0.1, -0.05) is 39.8 Å². The van der Waals surface area contributed by atoms with Crippen molar-refractivity contribution in [1.29, 1.82) is 0 Å². The molecule has 2 rings (SSSR count). The van der Waals surface area contributed by atoms with Crippen molar-refractivity contribution < 1.29 is 46.8 Å². The molecule has 0 spiro atoms. The Morgan fingerprint density at radius 2 is 1.03 bits per heavy atom. The molecule has 0 saturated carbocycles. The van der Waals surface area contributed by atoms with Gasteiger partial charge in [0.05, 0.1) is 0 Å². The predicted octanol–water partition coefficient (Wildman–Crippen LogP) is 2.79. The molecule has 8 nitrogen and oxygen atoms in total. The quantitative estimate of drug-likeness (QED) is 0.331. The van der Waals surface area contributed by atoms with E-state index in [-0.39, 0.29) is 16.8 Å². The largest absolute Gasteiger partial charge is 2.00 e. The molecular weight excluding hydrogens is 531 g/mol. The predicted molar refractivity (Wildman–Crippen MR) is 145 cm³/mol. The first-order valence-electron chi connectivity index (χ1n) is 12.5. The molecule has 0 saturated heterocycles. The summed E-state index contributed by atoms with van der Waals surface area (Å²) >= 11 is 0. The summed E-state index contributed by atoms with van der Waals surface area (Å²) in [5.41, 5.74) is 5.95. The van der Waals surface area contributed by atoms with Gasteiger partial charge in [0.25, 0.3) is 0 Å². The van der Waals surface area contributed by atoms with Crippen molar-refractivity contribution >= 4 is 24.4 Å². The zero-order valence-electron chi connectivity index (χ0n) is 23.2. The molecule has 0 atom stereocenters. The van der Waals surface area contributed by atoms with Crippen molar-refractivity contribution in [3.63, 3.8) is 0 Å². The topological polar surface area (TPSA) is 145 Å². The van der Waals surface area contributed by atoms with Crippen LogP contribution in [0.3, 0.4) is 0 Å². The van der Waals surface area contributed by atoms with Gasteiger partial charge in [0, 0.05) is 48.6 Å². The van der Waals surface area contributed by atoms with Crippen LogP contribution in [0.5, 0.6) is 11.5 Å². The number of aliphatic imine (C=N–C) groups is 2. The molecule has 2 N–H and O–H groups in total. The summed E-state index contributed by atoms with van der Waals surface area (Å²) in [6, 6.07) is 8.14. The molecule has 0 unspecified atom stereocenters. The van der Waals surface area contributed by atoms with Crippen molar-refractivity contribution in [3.8, 4) is 11.5 Å². The number of rotatable bonds is 10. The third-order valence-electron chi connectivity index (χ3n) is 5.17. The molecule has 2 aromatic rings. The second-order valence-corrected chi connectivity index (χ2v) is 8.21. The molecule has 1 radical (unpaired) electrons. The molecule has 9 heteroatoms. The van der Waals surface area contributed by atoms with Crippen LogP contribution in [-0.2, 0) is 52.1 Å². The van der Waals surface area contributed by atoms with Crippen LogP contribution in [0.1, 0.15) is 81.3 Å². The number of carboxylic acids is 2. The number of phenols is 2. The van der Waals surface area contributed by atoms with Gasteiger partial charge in [-0.05, 0) is 80.3 Å². The Morgan fingerprint density at radius 3 is 1.29 bits per heavy atom. The van der Waals surface area contributed by atoms with Gasteiger partial charge in [-0.15, -0.1) is 0 Å². The Hall–Kier alpha value is -3.17. The fourth-order valence-electron chi connectivity index (χ4n) is 3.30. The number of aliphatic carboxylic acids is 2. The summed E-state index contributed by atoms with van der Waals surface area (Å²) in [4.78, 5) is 26.7. The number of hydrogen-bond acceptors (Lipinski definition) is 8. The standard InChI is InChI=1S/C25H34N2O2.2C2H4O2.Co/c1-5-18-12-20(7-3)24(28)22(14-18)16-26-10-9-11-27-17-23-15-19(6-2)13-21(8-4)25(23)29;2*1-2(3)4;/h12-17,28-29H,5-11H2,1-4H3;2*1H3,(H,3,4);/q;;;+2/p-2. The number of aromatic hydroxyl groups is 2. The summed E-state index contributed by atoms with van der Waals surface area (Å²) in [5.74, 6) is -1.49. The number of carbonyl (C=O) groups is 2. The van der Waals surface area contributed by atoms with Gasteiger partial charge in [-0.25, -0.2) is 0 Å². The van der Waals surface area contributed by atoms with Crippen LogP contribution in [0, 0.1) is 0 Å². The van der Waals surface area contributed by atoms with Crippen molar-refractivity contribution in [3.05, 3.63) is 57.6 Å². The second kappa shape index (κ2) is 20.8. The summed E-state index contributed by atoms with van der Waals surface area (Å²) in [5, 5.41) is 38.5. The normalized spacial score (nSPS) is 10.3. The number of hydrogen-bond donors (Lipinski definition) is 2. The molecule has 0 bridgehead atoms. The van der Waals surface area contributed by atoms with E-state index in [1.807, 2.05) is 26.0 Å². The minimum Gasteiger partial charge on any atom is -0.550 e. The van der Waals surface area contributed by atoms with Gasteiger partial charge >= 0.3 is 16.8 Å². The van der Waals surface area contributed by atoms with E-state index >= 15 is 0 Å². The summed E-state index contributed by atoms with van der Waals surface area (Å²) in [6.45, 7) is 11.6. The van der Waals surface area contributed by atoms with Gasteiger partial charge in [0.2, 0.25) is 0 Å². The van der Waals surface area contributed by atoms with Crippen LogP contribution in [0.4, 0.5) is 0 Å². The van der Waals surface area contributed by atoms with Gasteiger partial charge in [-0.2, -0.15) is 0 Å². The Bertz CT molecular complexity index is 976. The van der Waals surface area contributed by atoms with Gasteiger partial charge < -0.3 is 30.0 Å².